The van der Waals surface area contributed by atoms with Crippen LogP contribution in [0.2, 0.25) is 0 Å². The van der Waals surface area contributed by atoms with Crippen molar-refractivity contribution in [1.29, 1.82) is 0 Å². The number of nitrogens with zero attached hydrogens (tertiary/aromatic N) is 2. The molecule has 63 heavy (non-hydrogen) atoms. The fourth-order valence-electron chi connectivity index (χ4n) is 6.75. The maximum absolute atomic E-state index is 13.9. The zero-order valence-electron chi connectivity index (χ0n) is 29.8. The van der Waals surface area contributed by atoms with E-state index in [0.29, 0.717) is 6.07 Å². The van der Waals surface area contributed by atoms with Gasteiger partial charge in [0, 0.05) is 54.9 Å². The van der Waals surface area contributed by atoms with E-state index in [-0.39, 0.29) is 56.2 Å². The number of rotatable bonds is 9. The Morgan fingerprint density at radius 2 is 0.921 bits per heavy atom. The molecule has 37 heteroatoms. The molecule has 3 aromatic rings. The fraction of sp³-hybridized carbons (Fsp3) is 0.0769. The van der Waals surface area contributed by atoms with Gasteiger partial charge in [0.15, 0.2) is 10.00 Å². The Hall–Kier alpha value is -3.72. The normalized spacial score (nSPS) is 19.7. The minimum absolute atomic E-state index is 0. The molecule has 0 saturated heterocycles. The van der Waals surface area contributed by atoms with Crippen molar-refractivity contribution in [2.45, 2.75) is 10.00 Å². The second kappa shape index (κ2) is 15.4. The molecule has 1 aliphatic carbocycles. The van der Waals surface area contributed by atoms with Crippen LogP contribution >= 0.6 is 0 Å². The minimum atomic E-state index is -7.36. The van der Waals surface area contributed by atoms with Crippen LogP contribution in [0.15, 0.2) is 62.1 Å². The van der Waals surface area contributed by atoms with Crippen molar-refractivity contribution >= 4 is 125 Å². The first kappa shape index (κ1) is 50.3. The van der Waals surface area contributed by atoms with Crippen LogP contribution in [-0.2, 0) is 113 Å². The molecule has 2 aliphatic heterocycles. The maximum Gasteiger partial charge on any atom is 0.298 e. The van der Waals surface area contributed by atoms with Crippen LogP contribution in [0, 0.1) is 0 Å². The largest absolute Gasteiger partial charge is 0.355 e. The molecule has 10 N–H and O–H groups in total. The summed E-state index contributed by atoms with van der Waals surface area (Å²) < 4.78 is 286. The van der Waals surface area contributed by atoms with Gasteiger partial charge < -0.3 is 9.97 Å². The van der Waals surface area contributed by atoms with E-state index in [1.54, 1.807) is 0 Å². The molecule has 8 bridgehead atoms. The summed E-state index contributed by atoms with van der Waals surface area (Å²) in [5.41, 5.74) is -7.17. The molecule has 6 rings (SSSR count). The Morgan fingerprint density at radius 1 is 0.476 bits per heavy atom. The molecule has 3 aliphatic rings. The van der Waals surface area contributed by atoms with Crippen molar-refractivity contribution in [3.63, 3.8) is 0 Å². The van der Waals surface area contributed by atoms with Crippen LogP contribution in [0.4, 0.5) is 0 Å². The van der Waals surface area contributed by atoms with Gasteiger partial charge in [-0.15, -0.1) is 0 Å². The van der Waals surface area contributed by atoms with Gasteiger partial charge >= 0.3 is 0 Å². The first-order chi connectivity index (χ1) is 27.8. The summed E-state index contributed by atoms with van der Waals surface area (Å²) in [6.07, 6.45) is 2.22. The first-order valence-electron chi connectivity index (χ1n) is 15.2. The van der Waals surface area contributed by atoms with Crippen LogP contribution < -0.4 is 0 Å². The molecule has 0 spiro atoms. The van der Waals surface area contributed by atoms with E-state index in [1.165, 1.54) is 24.3 Å². The summed E-state index contributed by atoms with van der Waals surface area (Å²) in [5.74, 6) is 0. The summed E-state index contributed by atoms with van der Waals surface area (Å²) in [5, 5.41) is -4.71. The summed E-state index contributed by atoms with van der Waals surface area (Å²) in [6.45, 7) is 0. The quantitative estimate of drug-likeness (QED) is 0.0740. The Morgan fingerprint density at radius 3 is 1.33 bits per heavy atom. The molecular formula is C26H20CdN4O24S8. The second-order valence-corrected chi connectivity index (χ2v) is 23.9. The van der Waals surface area contributed by atoms with E-state index in [0.717, 1.165) is 12.1 Å². The van der Waals surface area contributed by atoms with Gasteiger partial charge in [-0.05, 0) is 54.6 Å². The molecule has 0 fully saturated rings. The standard InChI is InChI=1S/C26H20N4O24S8.Cd/c31-55(32,33)19-17-8-13-4-2-11(28-13)5-10-1-3-12(27-10)7-16-15(6-14(29-16)9-18(30-17)20(19)56(34,35)36)26(62(52,53)54)24(60(46,47)48)22(58(40,41)42)21(57(37,38)39)23(59(43,44)45)25(26)61(49,50)51;/h1-9,24,28-29H,(H,31,32,33)(H,34,35,36)(H,37,38,39)(H,40,41,42)(H,43,44,45)(H,46,47,48)(H,49,50,51)(H,52,53,54);. The van der Waals surface area contributed by atoms with Gasteiger partial charge in [0.2, 0.25) is 0 Å². The third-order valence-electron chi connectivity index (χ3n) is 8.63. The summed E-state index contributed by atoms with van der Waals surface area (Å²) in [7, 11) is -54.5. The number of H-pyrrole nitrogens is 2. The molecule has 0 amide bonds. The molecule has 2 atom stereocenters. The molecule has 28 nitrogen and oxygen atoms in total. The zero-order valence-corrected chi connectivity index (χ0v) is 40.3. The summed E-state index contributed by atoms with van der Waals surface area (Å²) >= 11 is 0. The number of hydrogen-bond acceptors (Lipinski definition) is 18. The molecule has 3 aromatic heterocycles. The third kappa shape index (κ3) is 8.99. The summed E-state index contributed by atoms with van der Waals surface area (Å²) in [4.78, 5) is -3.70. The zero-order chi connectivity index (χ0) is 46.9. The van der Waals surface area contributed by atoms with Crippen LogP contribution in [0.5, 0.6) is 0 Å². The predicted octanol–water partition coefficient (Wildman–Crippen LogP) is -0.588. The van der Waals surface area contributed by atoms with E-state index in [1.807, 2.05) is 0 Å². The van der Waals surface area contributed by atoms with E-state index < -0.39 is 154 Å². The second-order valence-electron chi connectivity index (χ2n) is 12.6. The number of nitrogens with one attached hydrogen (secondary N) is 2. The van der Waals surface area contributed by atoms with E-state index in [2.05, 4.69) is 19.9 Å². The molecule has 5 heterocycles. The van der Waals surface area contributed by atoms with Crippen molar-refractivity contribution < 1.29 is 131 Å². The van der Waals surface area contributed by atoms with Gasteiger partial charge in [-0.1, -0.05) is 0 Å². The van der Waals surface area contributed by atoms with Crippen molar-refractivity contribution in [3.8, 4) is 0 Å². The smallest absolute Gasteiger partial charge is 0.298 e. The van der Waals surface area contributed by atoms with Crippen LogP contribution in [0.3, 0.4) is 0 Å². The molecule has 2 unspecified atom stereocenters. The van der Waals surface area contributed by atoms with Gasteiger partial charge in [0.1, 0.15) is 29.4 Å². The third-order valence-corrected chi connectivity index (χ3v) is 18.0. The van der Waals surface area contributed by atoms with Crippen LogP contribution in [0.1, 0.15) is 28.3 Å². The summed E-state index contributed by atoms with van der Waals surface area (Å²) in [6, 6.07) is 5.38. The van der Waals surface area contributed by atoms with Crippen molar-refractivity contribution in [2.24, 2.45) is 0 Å². The Bertz CT molecular complexity index is 3850. The fourth-order valence-corrected chi connectivity index (χ4v) is 18.6. The number of aromatic nitrogens is 4. The van der Waals surface area contributed by atoms with E-state index >= 15 is 0 Å². The van der Waals surface area contributed by atoms with E-state index in [4.69, 9.17) is 0 Å². The van der Waals surface area contributed by atoms with Gasteiger partial charge in [0.25, 0.3) is 80.9 Å². The number of hydrogen-bond donors (Lipinski definition) is 10. The van der Waals surface area contributed by atoms with Gasteiger partial charge in [-0.3, -0.25) is 36.4 Å². The average Bonchev–Trinajstić information content (AvgIpc) is 3.83. The first-order valence-corrected chi connectivity index (χ1v) is 26.8. The van der Waals surface area contributed by atoms with Crippen LogP contribution in [0.25, 0.3) is 44.0 Å². The van der Waals surface area contributed by atoms with Crippen molar-refractivity contribution in [3.05, 3.63) is 90.4 Å². The molecule has 0 saturated carbocycles. The Balaban J connectivity index is 0.00000748. The van der Waals surface area contributed by atoms with Crippen molar-refractivity contribution in [1.82, 2.24) is 19.9 Å². The Kier molecular flexibility index (Phi) is 12.3. The molecule has 0 aromatic carbocycles. The average molecular weight is 1140 g/mol. The van der Waals surface area contributed by atoms with Gasteiger partial charge in [-0.25, -0.2) is 9.97 Å². The predicted molar refractivity (Wildman–Crippen MR) is 209 cm³/mol. The minimum Gasteiger partial charge on any atom is -0.355 e. The van der Waals surface area contributed by atoms with Gasteiger partial charge in [-0.2, -0.15) is 67.3 Å². The topological polar surface area (TPSA) is 492 Å². The Labute approximate surface area is 373 Å². The van der Waals surface area contributed by atoms with Crippen molar-refractivity contribution in [2.75, 3.05) is 0 Å². The van der Waals surface area contributed by atoms with Crippen LogP contribution in [-0.4, -0.2) is 129 Å². The monoisotopic (exact) mass is 1140 g/mol. The molecular weight excluding hydrogens is 1120 g/mol. The van der Waals surface area contributed by atoms with Gasteiger partial charge in [0.05, 0.1) is 22.8 Å². The SMILES string of the molecule is O=S(=O)(O)C1=C(S(=O)(=O)O)C(S(=O)(=O)O)C(c2cc3cc4nc(cc5ccc(cc6nc(cc2[nH]3)C=C6)[nH]5)C(S(=O)(=O)O)=C4S(=O)(=O)O)(S(=O)(=O)O)C(S(=O)(=O)O)=C1S(=O)(=O)O.[Cd]. The maximum atomic E-state index is 13.9. The molecule has 338 valence electrons. The molecule has 0 radical (unpaired) electrons. The number of fused-ring (bicyclic) bond motifs is 8. The van der Waals surface area contributed by atoms with E-state index in [9.17, 15) is 104 Å². The number of aromatic amines is 2.